The highest BCUT2D eigenvalue weighted by Crippen LogP contribution is 2.36. The summed E-state index contributed by atoms with van der Waals surface area (Å²) in [5.41, 5.74) is 3.55. The fraction of sp³-hybridized carbons (Fsp3) is 0.300. The molecule has 0 unspecified atom stereocenters. The molecule has 0 saturated carbocycles. The van der Waals surface area contributed by atoms with E-state index in [1.54, 1.807) is 23.1 Å². The van der Waals surface area contributed by atoms with Gasteiger partial charge in [-0.1, -0.05) is 54.2 Å². The van der Waals surface area contributed by atoms with Crippen molar-refractivity contribution in [2.75, 3.05) is 0 Å². The first-order valence-corrected chi connectivity index (χ1v) is 10.3. The number of allylic oxidation sites excluding steroid dienone is 1. The Labute approximate surface area is 155 Å². The van der Waals surface area contributed by atoms with Crippen LogP contribution in [0.1, 0.15) is 29.3 Å². The molecule has 25 heavy (non-hydrogen) atoms. The monoisotopic (exact) mass is 368 g/mol. The molecule has 0 atom stereocenters. The predicted molar refractivity (Wildman–Crippen MR) is 107 cm³/mol. The van der Waals surface area contributed by atoms with E-state index in [0.29, 0.717) is 6.54 Å². The Hall–Kier alpha value is -1.85. The lowest BCUT2D eigenvalue weighted by Gasteiger charge is -2.12. The molecule has 3 nitrogen and oxygen atoms in total. The Kier molecular flexibility index (Phi) is 4.52. The SMILES string of the molecule is C=C(C)Cn1c(SCc2ccccc2)nc2sc3c(c2c1=O)CCC3. The molecular formula is C20H20N2OS2. The van der Waals surface area contributed by atoms with E-state index in [-0.39, 0.29) is 5.56 Å². The number of aromatic nitrogens is 2. The number of thiophene rings is 1. The Balaban J connectivity index is 1.79. The number of fused-ring (bicyclic) bond motifs is 3. The summed E-state index contributed by atoms with van der Waals surface area (Å²) < 4.78 is 1.81. The van der Waals surface area contributed by atoms with E-state index >= 15 is 0 Å². The summed E-state index contributed by atoms with van der Waals surface area (Å²) in [5.74, 6) is 0.806. The van der Waals surface area contributed by atoms with Crippen LogP contribution in [0.2, 0.25) is 0 Å². The fourth-order valence-electron chi connectivity index (χ4n) is 3.30. The first kappa shape index (κ1) is 16.6. The van der Waals surface area contributed by atoms with Crippen LogP contribution in [-0.4, -0.2) is 9.55 Å². The Morgan fingerprint density at radius 3 is 2.88 bits per heavy atom. The highest BCUT2D eigenvalue weighted by molar-refractivity contribution is 7.98. The number of hydrogen-bond donors (Lipinski definition) is 0. The molecule has 0 saturated heterocycles. The zero-order valence-corrected chi connectivity index (χ0v) is 15.9. The van der Waals surface area contributed by atoms with Crippen LogP contribution in [0, 0.1) is 0 Å². The number of rotatable bonds is 5. The Morgan fingerprint density at radius 1 is 1.32 bits per heavy atom. The molecule has 0 fully saturated rings. The molecule has 0 amide bonds. The lowest BCUT2D eigenvalue weighted by atomic mass is 10.2. The Morgan fingerprint density at radius 2 is 2.12 bits per heavy atom. The minimum atomic E-state index is 0.1000. The van der Waals surface area contributed by atoms with E-state index in [0.717, 1.165) is 46.0 Å². The maximum absolute atomic E-state index is 13.2. The van der Waals surface area contributed by atoms with E-state index < -0.39 is 0 Å². The van der Waals surface area contributed by atoms with Crippen LogP contribution in [0.5, 0.6) is 0 Å². The summed E-state index contributed by atoms with van der Waals surface area (Å²) in [6.45, 7) is 6.49. The molecule has 0 bridgehead atoms. The van der Waals surface area contributed by atoms with Crippen molar-refractivity contribution in [2.45, 2.75) is 43.6 Å². The van der Waals surface area contributed by atoms with E-state index in [1.165, 1.54) is 16.0 Å². The molecule has 2 aromatic heterocycles. The summed E-state index contributed by atoms with van der Waals surface area (Å²) in [5, 5.41) is 1.65. The third-order valence-electron chi connectivity index (χ3n) is 4.43. The van der Waals surface area contributed by atoms with Crippen LogP contribution >= 0.6 is 23.1 Å². The summed E-state index contributed by atoms with van der Waals surface area (Å²) in [6.07, 6.45) is 3.25. The van der Waals surface area contributed by atoms with Gasteiger partial charge in [-0.15, -0.1) is 11.3 Å². The third-order valence-corrected chi connectivity index (χ3v) is 6.66. The van der Waals surface area contributed by atoms with Gasteiger partial charge in [0, 0.05) is 17.2 Å². The van der Waals surface area contributed by atoms with Crippen LogP contribution in [0.25, 0.3) is 10.2 Å². The van der Waals surface area contributed by atoms with Gasteiger partial charge in [-0.05, 0) is 37.3 Å². The van der Waals surface area contributed by atoms with Crippen molar-refractivity contribution in [3.63, 3.8) is 0 Å². The van der Waals surface area contributed by atoms with Crippen molar-refractivity contribution in [1.29, 1.82) is 0 Å². The highest BCUT2D eigenvalue weighted by Gasteiger charge is 2.23. The molecule has 1 aliphatic carbocycles. The van der Waals surface area contributed by atoms with Crippen molar-refractivity contribution in [1.82, 2.24) is 9.55 Å². The molecule has 5 heteroatoms. The summed E-state index contributed by atoms with van der Waals surface area (Å²) in [7, 11) is 0. The first-order valence-electron chi connectivity index (χ1n) is 8.49. The van der Waals surface area contributed by atoms with E-state index in [4.69, 9.17) is 4.98 Å². The largest absolute Gasteiger partial charge is 0.283 e. The first-order chi connectivity index (χ1) is 12.1. The normalized spacial score (nSPS) is 13.3. The number of thioether (sulfide) groups is 1. The molecule has 3 aromatic rings. The fourth-order valence-corrected chi connectivity index (χ4v) is 5.56. The van der Waals surface area contributed by atoms with Gasteiger partial charge >= 0.3 is 0 Å². The zero-order valence-electron chi connectivity index (χ0n) is 14.2. The quantitative estimate of drug-likeness (QED) is 0.368. The van der Waals surface area contributed by atoms with Crippen LogP contribution < -0.4 is 5.56 Å². The number of hydrogen-bond acceptors (Lipinski definition) is 4. The van der Waals surface area contributed by atoms with E-state index in [2.05, 4.69) is 18.7 Å². The third kappa shape index (κ3) is 3.18. The standard InChI is InChI=1S/C20H20N2OS2/c1-13(2)11-22-19(23)17-15-9-6-10-16(15)25-18(17)21-20(22)24-12-14-7-4-3-5-8-14/h3-5,7-8H,1,6,9-12H2,2H3. The number of nitrogens with zero attached hydrogens (tertiary/aromatic N) is 2. The summed E-state index contributed by atoms with van der Waals surface area (Å²) in [6, 6.07) is 10.3. The van der Waals surface area contributed by atoms with Crippen LogP contribution in [0.4, 0.5) is 0 Å². The van der Waals surface area contributed by atoms with Crippen LogP contribution in [-0.2, 0) is 25.1 Å². The molecule has 2 heterocycles. The van der Waals surface area contributed by atoms with Gasteiger partial charge in [-0.25, -0.2) is 4.98 Å². The van der Waals surface area contributed by atoms with Crippen molar-refractivity contribution < 1.29 is 0 Å². The maximum atomic E-state index is 13.2. The van der Waals surface area contributed by atoms with Gasteiger partial charge in [0.15, 0.2) is 5.16 Å². The molecule has 0 N–H and O–H groups in total. The minimum Gasteiger partial charge on any atom is -0.283 e. The molecule has 4 rings (SSSR count). The lowest BCUT2D eigenvalue weighted by molar-refractivity contribution is 0.652. The van der Waals surface area contributed by atoms with Crippen molar-refractivity contribution in [2.24, 2.45) is 0 Å². The highest BCUT2D eigenvalue weighted by atomic mass is 32.2. The second kappa shape index (κ2) is 6.81. The van der Waals surface area contributed by atoms with Gasteiger partial charge in [-0.2, -0.15) is 0 Å². The predicted octanol–water partition coefficient (Wildman–Crippen LogP) is 4.82. The lowest BCUT2D eigenvalue weighted by Crippen LogP contribution is -2.24. The van der Waals surface area contributed by atoms with Crippen molar-refractivity contribution >= 4 is 33.3 Å². The smallest absolute Gasteiger partial charge is 0.263 e. The van der Waals surface area contributed by atoms with Gasteiger partial charge in [0.2, 0.25) is 0 Å². The number of benzene rings is 1. The Bertz CT molecular complexity index is 1000. The average molecular weight is 369 g/mol. The van der Waals surface area contributed by atoms with E-state index in [1.807, 2.05) is 29.7 Å². The van der Waals surface area contributed by atoms with Gasteiger partial charge in [0.05, 0.1) is 5.39 Å². The molecule has 128 valence electrons. The van der Waals surface area contributed by atoms with E-state index in [9.17, 15) is 4.79 Å². The number of aryl methyl sites for hydroxylation is 2. The topological polar surface area (TPSA) is 34.9 Å². The van der Waals surface area contributed by atoms with Crippen LogP contribution in [0.15, 0.2) is 52.4 Å². The molecular weight excluding hydrogens is 348 g/mol. The minimum absolute atomic E-state index is 0.1000. The van der Waals surface area contributed by atoms with Crippen LogP contribution in [0.3, 0.4) is 0 Å². The van der Waals surface area contributed by atoms with Gasteiger partial charge in [-0.3, -0.25) is 9.36 Å². The second-order valence-electron chi connectivity index (χ2n) is 6.55. The molecule has 1 aromatic carbocycles. The molecule has 1 aliphatic rings. The van der Waals surface area contributed by atoms with Gasteiger partial charge in [0.1, 0.15) is 4.83 Å². The molecule has 0 radical (unpaired) electrons. The summed E-state index contributed by atoms with van der Waals surface area (Å²) >= 11 is 3.33. The maximum Gasteiger partial charge on any atom is 0.263 e. The van der Waals surface area contributed by atoms with Crippen molar-refractivity contribution in [3.8, 4) is 0 Å². The zero-order chi connectivity index (χ0) is 17.4. The van der Waals surface area contributed by atoms with Gasteiger partial charge in [0.25, 0.3) is 5.56 Å². The average Bonchev–Trinajstić information content (AvgIpc) is 3.17. The second-order valence-corrected chi connectivity index (χ2v) is 8.58. The van der Waals surface area contributed by atoms with Gasteiger partial charge < -0.3 is 0 Å². The van der Waals surface area contributed by atoms with Crippen molar-refractivity contribution in [3.05, 3.63) is 68.8 Å². The molecule has 0 spiro atoms. The summed E-state index contributed by atoms with van der Waals surface area (Å²) in [4.78, 5) is 20.3. The molecule has 0 aliphatic heterocycles.